The molecule has 1 aliphatic heterocycles. The van der Waals surface area contributed by atoms with Crippen molar-refractivity contribution in [1.82, 2.24) is 10.2 Å². The van der Waals surface area contributed by atoms with Gasteiger partial charge in [-0.3, -0.25) is 4.90 Å². The van der Waals surface area contributed by atoms with Crippen molar-refractivity contribution in [3.05, 3.63) is 60.1 Å². The van der Waals surface area contributed by atoms with E-state index in [-0.39, 0.29) is 0 Å². The van der Waals surface area contributed by atoms with Gasteiger partial charge in [0.1, 0.15) is 0 Å². The molecular formula is C17H22N2O. The van der Waals surface area contributed by atoms with Gasteiger partial charge in [-0.1, -0.05) is 30.3 Å². The normalized spacial score (nSPS) is 21.1. The molecule has 2 heterocycles. The summed E-state index contributed by atoms with van der Waals surface area (Å²) < 4.78 is 5.15. The largest absolute Gasteiger partial charge is 0.472 e. The van der Waals surface area contributed by atoms with Crippen LogP contribution in [-0.4, -0.2) is 24.0 Å². The molecule has 1 aromatic carbocycles. The van der Waals surface area contributed by atoms with Crippen molar-refractivity contribution in [2.45, 2.75) is 32.0 Å². The highest BCUT2D eigenvalue weighted by Crippen LogP contribution is 2.18. The fourth-order valence-electron chi connectivity index (χ4n) is 2.93. The summed E-state index contributed by atoms with van der Waals surface area (Å²) in [6.45, 7) is 5.55. The number of likely N-dealkylation sites (tertiary alicyclic amines) is 1. The molecule has 2 unspecified atom stereocenters. The molecule has 0 spiro atoms. The summed E-state index contributed by atoms with van der Waals surface area (Å²) in [6.07, 6.45) is 4.78. The summed E-state index contributed by atoms with van der Waals surface area (Å²) in [4.78, 5) is 2.52. The van der Waals surface area contributed by atoms with Crippen molar-refractivity contribution >= 4 is 0 Å². The number of furan rings is 1. The maximum atomic E-state index is 5.15. The molecule has 0 amide bonds. The van der Waals surface area contributed by atoms with Gasteiger partial charge in [-0.25, -0.2) is 0 Å². The number of nitrogens with one attached hydrogen (secondary N) is 1. The van der Waals surface area contributed by atoms with Gasteiger partial charge < -0.3 is 9.73 Å². The van der Waals surface area contributed by atoms with E-state index < -0.39 is 0 Å². The Labute approximate surface area is 120 Å². The minimum absolute atomic E-state index is 0.357. The molecule has 0 radical (unpaired) electrons. The lowest BCUT2D eigenvalue weighted by molar-refractivity contribution is 0.316. The van der Waals surface area contributed by atoms with Gasteiger partial charge in [-0.2, -0.15) is 0 Å². The summed E-state index contributed by atoms with van der Waals surface area (Å²) in [5.74, 6) is 0. The number of benzene rings is 1. The van der Waals surface area contributed by atoms with E-state index in [4.69, 9.17) is 4.42 Å². The molecule has 1 aromatic heterocycles. The third kappa shape index (κ3) is 3.30. The van der Waals surface area contributed by atoms with Gasteiger partial charge in [0.25, 0.3) is 0 Å². The molecule has 0 saturated carbocycles. The topological polar surface area (TPSA) is 28.4 Å². The van der Waals surface area contributed by atoms with Crippen LogP contribution in [0.25, 0.3) is 0 Å². The Hall–Kier alpha value is -1.58. The highest BCUT2D eigenvalue weighted by molar-refractivity contribution is 5.15. The second-order valence-electron chi connectivity index (χ2n) is 5.65. The lowest BCUT2D eigenvalue weighted by Gasteiger charge is -2.20. The molecule has 3 heteroatoms. The highest BCUT2D eigenvalue weighted by Gasteiger charge is 2.23. The van der Waals surface area contributed by atoms with Crippen LogP contribution in [0.5, 0.6) is 0 Å². The van der Waals surface area contributed by atoms with Gasteiger partial charge in [-0.05, 0) is 25.0 Å². The first-order chi connectivity index (χ1) is 9.81. The average molecular weight is 270 g/mol. The molecule has 1 fully saturated rings. The Morgan fingerprint density at radius 1 is 1.30 bits per heavy atom. The van der Waals surface area contributed by atoms with Crippen LogP contribution in [0.2, 0.25) is 0 Å². The third-order valence-corrected chi connectivity index (χ3v) is 4.05. The van der Waals surface area contributed by atoms with E-state index in [9.17, 15) is 0 Å². The minimum atomic E-state index is 0.357. The summed E-state index contributed by atoms with van der Waals surface area (Å²) in [6, 6.07) is 13.7. The van der Waals surface area contributed by atoms with E-state index >= 15 is 0 Å². The number of nitrogens with zero attached hydrogens (tertiary/aromatic N) is 1. The van der Waals surface area contributed by atoms with Crippen molar-refractivity contribution in [3.63, 3.8) is 0 Å². The Balaban J connectivity index is 1.50. The molecule has 1 N–H and O–H groups in total. The van der Waals surface area contributed by atoms with Gasteiger partial charge in [-0.15, -0.1) is 0 Å². The van der Waals surface area contributed by atoms with Gasteiger partial charge in [0.2, 0.25) is 0 Å². The average Bonchev–Trinajstić information content (AvgIpc) is 3.11. The monoisotopic (exact) mass is 270 g/mol. The lowest BCUT2D eigenvalue weighted by atomic mass is 10.1. The fourth-order valence-corrected chi connectivity index (χ4v) is 2.93. The second kappa shape index (κ2) is 6.25. The first-order valence-corrected chi connectivity index (χ1v) is 7.35. The van der Waals surface area contributed by atoms with Crippen molar-refractivity contribution < 1.29 is 4.42 Å². The Bertz CT molecular complexity index is 509. The van der Waals surface area contributed by atoms with Crippen LogP contribution in [0, 0.1) is 0 Å². The molecule has 1 saturated heterocycles. The Morgan fingerprint density at radius 2 is 2.15 bits per heavy atom. The van der Waals surface area contributed by atoms with Crippen LogP contribution >= 0.6 is 0 Å². The van der Waals surface area contributed by atoms with Gasteiger partial charge in [0.15, 0.2) is 0 Å². The predicted octanol–water partition coefficient (Wildman–Crippen LogP) is 3.20. The molecule has 3 rings (SSSR count). The zero-order valence-electron chi connectivity index (χ0n) is 12.0. The maximum Gasteiger partial charge on any atom is 0.0950 e. The van der Waals surface area contributed by atoms with Gasteiger partial charge in [0.05, 0.1) is 12.5 Å². The van der Waals surface area contributed by atoms with Crippen LogP contribution in [-0.2, 0) is 6.54 Å². The smallest absolute Gasteiger partial charge is 0.0950 e. The summed E-state index contributed by atoms with van der Waals surface area (Å²) in [7, 11) is 0. The van der Waals surface area contributed by atoms with Crippen LogP contribution in [0.1, 0.15) is 30.5 Å². The van der Waals surface area contributed by atoms with Crippen LogP contribution in [0.4, 0.5) is 0 Å². The van der Waals surface area contributed by atoms with Crippen molar-refractivity contribution in [3.8, 4) is 0 Å². The van der Waals surface area contributed by atoms with Crippen LogP contribution in [0.15, 0.2) is 53.3 Å². The SMILES string of the molecule is CC(NC1CCN(Cc2ccccc2)C1)c1ccoc1. The molecule has 0 aliphatic carbocycles. The van der Waals surface area contributed by atoms with E-state index in [0.717, 1.165) is 13.1 Å². The summed E-state index contributed by atoms with van der Waals surface area (Å²) >= 11 is 0. The molecule has 1 aliphatic rings. The molecule has 0 bridgehead atoms. The van der Waals surface area contributed by atoms with Crippen LogP contribution in [0.3, 0.4) is 0 Å². The van der Waals surface area contributed by atoms with E-state index in [1.807, 2.05) is 12.3 Å². The standard InChI is InChI=1S/C17H22N2O/c1-14(16-8-10-20-13-16)18-17-7-9-19(12-17)11-15-5-3-2-4-6-15/h2-6,8,10,13-14,17-18H,7,9,11-12H2,1H3. The molecule has 106 valence electrons. The number of rotatable bonds is 5. The zero-order chi connectivity index (χ0) is 13.8. The quantitative estimate of drug-likeness (QED) is 0.904. The van der Waals surface area contributed by atoms with E-state index in [1.165, 1.54) is 24.1 Å². The Morgan fingerprint density at radius 3 is 2.90 bits per heavy atom. The predicted molar refractivity (Wildman–Crippen MR) is 80.4 cm³/mol. The second-order valence-corrected chi connectivity index (χ2v) is 5.65. The molecular weight excluding hydrogens is 248 g/mol. The van der Waals surface area contributed by atoms with Crippen molar-refractivity contribution in [1.29, 1.82) is 0 Å². The minimum Gasteiger partial charge on any atom is -0.472 e. The van der Waals surface area contributed by atoms with E-state index in [1.54, 1.807) is 6.26 Å². The van der Waals surface area contributed by atoms with Gasteiger partial charge >= 0.3 is 0 Å². The zero-order valence-corrected chi connectivity index (χ0v) is 12.0. The molecule has 3 nitrogen and oxygen atoms in total. The van der Waals surface area contributed by atoms with E-state index in [2.05, 4.69) is 47.5 Å². The summed E-state index contributed by atoms with van der Waals surface area (Å²) in [5.41, 5.74) is 2.63. The highest BCUT2D eigenvalue weighted by atomic mass is 16.3. The van der Waals surface area contributed by atoms with Crippen molar-refractivity contribution in [2.75, 3.05) is 13.1 Å². The number of hydrogen-bond acceptors (Lipinski definition) is 3. The third-order valence-electron chi connectivity index (χ3n) is 4.05. The lowest BCUT2D eigenvalue weighted by Crippen LogP contribution is -2.34. The number of hydrogen-bond donors (Lipinski definition) is 1. The molecule has 2 atom stereocenters. The Kier molecular flexibility index (Phi) is 4.19. The first-order valence-electron chi connectivity index (χ1n) is 7.35. The van der Waals surface area contributed by atoms with Crippen molar-refractivity contribution in [2.24, 2.45) is 0 Å². The fraction of sp³-hybridized carbons (Fsp3) is 0.412. The summed E-state index contributed by atoms with van der Waals surface area (Å²) in [5, 5.41) is 3.70. The van der Waals surface area contributed by atoms with E-state index in [0.29, 0.717) is 12.1 Å². The maximum absolute atomic E-state index is 5.15. The molecule has 2 aromatic rings. The van der Waals surface area contributed by atoms with Crippen LogP contribution < -0.4 is 5.32 Å². The van der Waals surface area contributed by atoms with Gasteiger partial charge in [0, 0.05) is 37.3 Å². The molecule has 20 heavy (non-hydrogen) atoms. The first kappa shape index (κ1) is 13.4.